The SMILES string of the molecule is CC(=O)C[C@H](CCCCCC(=O)c1ccc(OC=O)c(-c2c3ccc(=O)cc-3oc3cc(O)ccc23)c1)C(=O)N[C@H](C)C(=O)C[C@H](C)C(=O)N[C@H](C)C(=O)C[C@H](CCC(=O)O)C(=O)N[C@H](Cc1cnc[nH]1)C(=O)C[C@@H](C(N)=O)[C@H](C)O. The molecule has 8 atom stereocenters. The van der Waals surface area contributed by atoms with Crippen LogP contribution in [0.4, 0.5) is 0 Å². The van der Waals surface area contributed by atoms with Gasteiger partial charge in [0.15, 0.2) is 28.6 Å². The third-order valence-electron chi connectivity index (χ3n) is 14.0. The first-order valence-corrected chi connectivity index (χ1v) is 26.5. The number of hydrogen-bond acceptors (Lipinski definition) is 17. The van der Waals surface area contributed by atoms with Gasteiger partial charge >= 0.3 is 5.97 Å². The Morgan fingerprint density at radius 3 is 2.07 bits per heavy atom. The van der Waals surface area contributed by atoms with Gasteiger partial charge in [-0.1, -0.05) is 19.8 Å². The number of imidazole rings is 1. The van der Waals surface area contributed by atoms with Crippen LogP contribution in [0, 0.1) is 23.7 Å². The van der Waals surface area contributed by atoms with Gasteiger partial charge in [-0.15, -0.1) is 0 Å². The maximum Gasteiger partial charge on any atom is 0.303 e. The largest absolute Gasteiger partial charge is 0.508 e. The average molecular weight is 1120 g/mol. The van der Waals surface area contributed by atoms with Crippen LogP contribution in [0.2, 0.25) is 0 Å². The van der Waals surface area contributed by atoms with Gasteiger partial charge in [0.2, 0.25) is 23.6 Å². The molecule has 0 unspecified atom stereocenters. The molecule has 23 heteroatoms. The van der Waals surface area contributed by atoms with Crippen LogP contribution in [0.15, 0.2) is 76.3 Å². The van der Waals surface area contributed by atoms with E-state index in [1.165, 1.54) is 83.5 Å². The number of carboxylic acid groups (broad SMARTS) is 1. The number of ketones is 5. The molecule has 0 spiro atoms. The van der Waals surface area contributed by atoms with E-state index in [-0.39, 0.29) is 84.8 Å². The summed E-state index contributed by atoms with van der Waals surface area (Å²) >= 11 is 0. The van der Waals surface area contributed by atoms with Gasteiger partial charge in [0.05, 0.1) is 36.5 Å². The Morgan fingerprint density at radius 2 is 1.43 bits per heavy atom. The first kappa shape index (κ1) is 63.1. The number of aliphatic carboxylic acids is 1. The van der Waals surface area contributed by atoms with Crippen LogP contribution in [-0.2, 0) is 54.4 Å². The van der Waals surface area contributed by atoms with Crippen LogP contribution in [0.3, 0.4) is 0 Å². The van der Waals surface area contributed by atoms with Crippen LogP contribution in [0.5, 0.6) is 11.5 Å². The maximum absolute atomic E-state index is 13.7. The molecule has 81 heavy (non-hydrogen) atoms. The highest BCUT2D eigenvalue weighted by Gasteiger charge is 2.34. The number of H-pyrrole nitrogens is 1. The number of carboxylic acids is 1. The molecule has 2 aromatic carbocycles. The number of primary amides is 1. The monoisotopic (exact) mass is 1120 g/mol. The number of Topliss-reactive ketones (excluding diaryl/α,β-unsaturated/α-hetero) is 5. The van der Waals surface area contributed by atoms with Gasteiger partial charge in [-0.3, -0.25) is 52.7 Å². The Morgan fingerprint density at radius 1 is 0.753 bits per heavy atom. The Balaban J connectivity index is 1.14. The summed E-state index contributed by atoms with van der Waals surface area (Å²) in [5.41, 5.74) is 7.35. The van der Waals surface area contributed by atoms with E-state index in [1.807, 2.05) is 0 Å². The number of carbonyl (C=O) groups excluding carboxylic acids is 10. The van der Waals surface area contributed by atoms with Gasteiger partial charge in [0.1, 0.15) is 28.6 Å². The molecule has 2 aliphatic rings. The van der Waals surface area contributed by atoms with Crippen molar-refractivity contribution in [2.24, 2.45) is 29.4 Å². The molecule has 9 N–H and O–H groups in total. The summed E-state index contributed by atoms with van der Waals surface area (Å²) in [4.78, 5) is 161. The first-order chi connectivity index (χ1) is 38.4. The molecular formula is C58H68N6O17. The number of fused-ring (bicyclic) bond motifs is 2. The van der Waals surface area contributed by atoms with Crippen LogP contribution >= 0.6 is 0 Å². The van der Waals surface area contributed by atoms with Crippen LogP contribution in [0.25, 0.3) is 33.4 Å². The third-order valence-corrected chi connectivity index (χ3v) is 14.0. The van der Waals surface area contributed by atoms with Gasteiger partial charge < -0.3 is 55.9 Å². The molecule has 2 heterocycles. The Bertz CT molecular complexity index is 3170. The van der Waals surface area contributed by atoms with Gasteiger partial charge in [0.25, 0.3) is 6.47 Å². The summed E-state index contributed by atoms with van der Waals surface area (Å²) in [6, 6.07) is 9.59. The van der Waals surface area contributed by atoms with E-state index in [4.69, 9.17) is 14.9 Å². The summed E-state index contributed by atoms with van der Waals surface area (Å²) < 4.78 is 11.3. The summed E-state index contributed by atoms with van der Waals surface area (Å²) in [7, 11) is 0. The fourth-order valence-corrected chi connectivity index (χ4v) is 9.35. The van der Waals surface area contributed by atoms with E-state index in [9.17, 15) is 72.9 Å². The average Bonchev–Trinajstić information content (AvgIpc) is 3.99. The van der Waals surface area contributed by atoms with E-state index in [0.717, 1.165) is 0 Å². The Kier molecular flexibility index (Phi) is 23.0. The number of nitrogens with zero attached hydrogens (tertiary/aromatic N) is 1. The van der Waals surface area contributed by atoms with Crippen molar-refractivity contribution < 1.29 is 77.2 Å². The normalized spacial score (nSPS) is 14.2. The number of aromatic amines is 1. The molecule has 0 saturated carbocycles. The molecule has 0 fully saturated rings. The Labute approximate surface area is 465 Å². The lowest BCUT2D eigenvalue weighted by molar-refractivity contribution is -0.139. The number of carbonyl (C=O) groups is 11. The highest BCUT2D eigenvalue weighted by molar-refractivity contribution is 6.06. The first-order valence-electron chi connectivity index (χ1n) is 26.5. The van der Waals surface area contributed by atoms with Gasteiger partial charge in [-0.2, -0.15) is 0 Å². The minimum absolute atomic E-state index is 0.0908. The topological polar surface area (TPSA) is 379 Å². The molecule has 1 aromatic heterocycles. The van der Waals surface area contributed by atoms with Crippen LogP contribution in [0.1, 0.15) is 121 Å². The fourth-order valence-electron chi connectivity index (χ4n) is 9.35. The number of aliphatic hydroxyl groups excluding tert-OH is 1. The van der Waals surface area contributed by atoms with Gasteiger partial charge in [-0.05, 0) is 89.4 Å². The lowest BCUT2D eigenvalue weighted by Gasteiger charge is -2.24. The zero-order valence-corrected chi connectivity index (χ0v) is 45.6. The van der Waals surface area contributed by atoms with E-state index < -0.39 is 114 Å². The second-order valence-corrected chi connectivity index (χ2v) is 20.5. The van der Waals surface area contributed by atoms with Gasteiger partial charge in [0, 0.05) is 114 Å². The molecule has 1 aliphatic carbocycles. The predicted molar refractivity (Wildman–Crippen MR) is 291 cm³/mol. The lowest BCUT2D eigenvalue weighted by Crippen LogP contribution is -2.48. The summed E-state index contributed by atoms with van der Waals surface area (Å²) in [6.45, 7) is 7.07. The van der Waals surface area contributed by atoms with Crippen molar-refractivity contribution in [2.45, 2.75) is 136 Å². The minimum Gasteiger partial charge on any atom is -0.508 e. The number of hydrogen-bond donors (Lipinski definition) is 8. The smallest absolute Gasteiger partial charge is 0.303 e. The third kappa shape index (κ3) is 18.1. The molecule has 3 aromatic rings. The number of unbranched alkanes of at least 4 members (excludes halogenated alkanes) is 2. The lowest BCUT2D eigenvalue weighted by atomic mass is 9.90. The van der Waals surface area contributed by atoms with Crippen molar-refractivity contribution in [1.29, 1.82) is 0 Å². The molecule has 1 aliphatic heterocycles. The highest BCUT2D eigenvalue weighted by atomic mass is 16.5. The Hall–Kier alpha value is -8.73. The highest BCUT2D eigenvalue weighted by Crippen LogP contribution is 2.44. The molecule has 0 saturated heterocycles. The fraction of sp³-hybridized carbons (Fsp3) is 0.431. The van der Waals surface area contributed by atoms with E-state index in [1.54, 1.807) is 18.2 Å². The summed E-state index contributed by atoms with van der Waals surface area (Å²) in [5.74, 6) is -10.9. The zero-order chi connectivity index (χ0) is 59.7. The summed E-state index contributed by atoms with van der Waals surface area (Å²) in [6.07, 6.45) is 0.530. The summed E-state index contributed by atoms with van der Waals surface area (Å²) in [5, 5.41) is 37.9. The number of phenolic OH excluding ortho intramolecular Hbond substituents is 1. The van der Waals surface area contributed by atoms with Crippen molar-refractivity contribution >= 4 is 76.0 Å². The van der Waals surface area contributed by atoms with Crippen molar-refractivity contribution in [3.63, 3.8) is 0 Å². The molecule has 4 amide bonds. The zero-order valence-electron chi connectivity index (χ0n) is 45.6. The maximum atomic E-state index is 13.7. The molecule has 0 bridgehead atoms. The van der Waals surface area contributed by atoms with Crippen molar-refractivity contribution in [2.75, 3.05) is 0 Å². The van der Waals surface area contributed by atoms with Crippen molar-refractivity contribution in [1.82, 2.24) is 25.9 Å². The van der Waals surface area contributed by atoms with Gasteiger partial charge in [-0.25, -0.2) is 4.98 Å². The van der Waals surface area contributed by atoms with E-state index in [2.05, 4.69) is 25.9 Å². The number of ether oxygens (including phenoxy) is 1. The number of nitrogens with two attached hydrogens (primary N) is 1. The molecule has 5 rings (SSSR count). The van der Waals surface area contributed by atoms with E-state index >= 15 is 0 Å². The second kappa shape index (κ2) is 29.5. The van der Waals surface area contributed by atoms with Crippen molar-refractivity contribution in [3.8, 4) is 33.9 Å². The number of aromatic hydroxyl groups is 1. The standard InChI is InChI=1S/C58H68N6O17/c1-30(56(77)62-33(4)48(72)22-37(12-18-53(74)75)58(79)64-45(23-38-27-60-28-61-38)49(73)26-43(34(5)67)55(59)76)19-47(71)32(3)63-57(78)36(20-31(2)66)9-7-6-8-10-46(70)35-11-17-50(80-29-65)44(21-35)54-41-15-13-39(68)24-51(41)81-52-25-40(69)14-16-42(52)54/h11,13-17,21,24-25,27-30,32-34,36-37,43,45,67-68H,6-10,12,18-20,22-23,26H2,1-5H3,(H2,59,76)(H,60,61)(H,62,77)(H,63,78)(H,64,79)(H,74,75)/t30-,32+,33+,34-,36-,37-,43+,45+/m0/s1. The number of amides is 4. The number of rotatable bonds is 34. The number of aromatic nitrogens is 2. The molecular weight excluding hydrogens is 1050 g/mol. The van der Waals surface area contributed by atoms with Crippen LogP contribution in [-0.4, -0.2) is 115 Å². The van der Waals surface area contributed by atoms with Crippen molar-refractivity contribution in [3.05, 3.63) is 88.6 Å². The number of nitrogens with one attached hydrogen (secondary N) is 4. The number of benzene rings is 3. The van der Waals surface area contributed by atoms with Crippen LogP contribution < -0.4 is 31.8 Å². The molecule has 23 nitrogen and oxygen atoms in total. The second-order valence-electron chi connectivity index (χ2n) is 20.5. The molecule has 0 radical (unpaired) electrons. The number of phenols is 1. The quantitative estimate of drug-likeness (QED) is 0.0122. The molecule has 432 valence electrons. The van der Waals surface area contributed by atoms with E-state index in [0.29, 0.717) is 52.6 Å². The predicted octanol–water partition coefficient (Wildman–Crippen LogP) is 4.47. The number of aliphatic hydroxyl groups is 1. The minimum atomic E-state index is -1.31.